The van der Waals surface area contributed by atoms with Crippen LogP contribution in [0.1, 0.15) is 24.2 Å². The first-order valence-electron chi connectivity index (χ1n) is 5.71. The Hall–Kier alpha value is -2.51. The Morgan fingerprint density at radius 2 is 2.00 bits per heavy atom. The van der Waals surface area contributed by atoms with E-state index in [0.29, 0.717) is 0 Å². The highest BCUT2D eigenvalue weighted by Gasteiger charge is 2.25. The van der Waals surface area contributed by atoms with Gasteiger partial charge in [-0.25, -0.2) is 4.79 Å². The molecule has 20 heavy (non-hydrogen) atoms. The van der Waals surface area contributed by atoms with Crippen molar-refractivity contribution in [2.75, 3.05) is 0 Å². The van der Waals surface area contributed by atoms with Gasteiger partial charge in [-0.05, 0) is 18.1 Å². The first-order valence-corrected chi connectivity index (χ1v) is 5.71. The van der Waals surface area contributed by atoms with Gasteiger partial charge in [0, 0.05) is 11.6 Å². The van der Waals surface area contributed by atoms with Gasteiger partial charge in [0.1, 0.15) is 6.04 Å². The molecule has 0 saturated carbocycles. The van der Waals surface area contributed by atoms with Crippen LogP contribution in [0.2, 0.25) is 0 Å². The van der Waals surface area contributed by atoms with Gasteiger partial charge in [-0.2, -0.15) is 4.39 Å². The smallest absolute Gasteiger partial charge is 0.326 e. The minimum atomic E-state index is -1.22. The van der Waals surface area contributed by atoms with Crippen molar-refractivity contribution in [2.24, 2.45) is 5.92 Å². The zero-order chi connectivity index (χ0) is 15.4. The molecule has 0 aliphatic rings. The molecule has 1 aromatic carbocycles. The van der Waals surface area contributed by atoms with E-state index in [9.17, 15) is 24.1 Å². The topological polar surface area (TPSA) is 110 Å². The summed E-state index contributed by atoms with van der Waals surface area (Å²) < 4.78 is 13.1. The number of carboxylic acids is 1. The highest BCUT2D eigenvalue weighted by Crippen LogP contribution is 2.18. The maximum atomic E-state index is 13.1. The third kappa shape index (κ3) is 3.50. The summed E-state index contributed by atoms with van der Waals surface area (Å²) >= 11 is 0. The average Bonchev–Trinajstić information content (AvgIpc) is 2.34. The lowest BCUT2D eigenvalue weighted by atomic mass is 10.0. The molecule has 0 saturated heterocycles. The number of nitro groups is 1. The Morgan fingerprint density at radius 3 is 2.45 bits per heavy atom. The molecule has 1 rings (SSSR count). The van der Waals surface area contributed by atoms with Gasteiger partial charge >= 0.3 is 11.7 Å². The summed E-state index contributed by atoms with van der Waals surface area (Å²) in [7, 11) is 0. The quantitative estimate of drug-likeness (QED) is 0.630. The van der Waals surface area contributed by atoms with E-state index in [2.05, 4.69) is 5.32 Å². The van der Waals surface area contributed by atoms with Gasteiger partial charge < -0.3 is 10.4 Å². The molecule has 0 radical (unpaired) electrons. The second-order valence-corrected chi connectivity index (χ2v) is 4.46. The van der Waals surface area contributed by atoms with E-state index in [-0.39, 0.29) is 11.5 Å². The van der Waals surface area contributed by atoms with Crippen molar-refractivity contribution in [3.8, 4) is 0 Å². The van der Waals surface area contributed by atoms with E-state index in [4.69, 9.17) is 5.11 Å². The van der Waals surface area contributed by atoms with Crippen molar-refractivity contribution in [1.82, 2.24) is 5.32 Å². The minimum Gasteiger partial charge on any atom is -0.480 e. The molecule has 0 aromatic heterocycles. The van der Waals surface area contributed by atoms with E-state index < -0.39 is 34.3 Å². The highest BCUT2D eigenvalue weighted by atomic mass is 19.1. The van der Waals surface area contributed by atoms with Crippen LogP contribution in [-0.2, 0) is 4.79 Å². The molecular formula is C12H13FN2O5. The molecule has 7 nitrogen and oxygen atoms in total. The Labute approximate surface area is 113 Å². The molecule has 0 fully saturated rings. The van der Waals surface area contributed by atoms with Crippen LogP contribution in [0.25, 0.3) is 0 Å². The second kappa shape index (κ2) is 6.09. The molecular weight excluding hydrogens is 271 g/mol. The Morgan fingerprint density at radius 1 is 1.40 bits per heavy atom. The Balaban J connectivity index is 3.01. The number of carboxylic acid groups (broad SMARTS) is 1. The predicted molar refractivity (Wildman–Crippen MR) is 66.8 cm³/mol. The number of hydrogen-bond acceptors (Lipinski definition) is 4. The van der Waals surface area contributed by atoms with Crippen LogP contribution in [0.5, 0.6) is 0 Å². The lowest BCUT2D eigenvalue weighted by Crippen LogP contribution is -2.44. The van der Waals surface area contributed by atoms with Crippen LogP contribution in [0.15, 0.2) is 18.2 Å². The largest absolute Gasteiger partial charge is 0.480 e. The number of aliphatic carboxylic acids is 1. The molecule has 0 bridgehead atoms. The average molecular weight is 284 g/mol. The summed E-state index contributed by atoms with van der Waals surface area (Å²) in [5.74, 6) is -3.46. The number of amides is 1. The number of hydrogen-bond donors (Lipinski definition) is 2. The van der Waals surface area contributed by atoms with E-state index in [1.165, 1.54) is 0 Å². The van der Waals surface area contributed by atoms with Crippen LogP contribution in [0.3, 0.4) is 0 Å². The molecule has 1 atom stereocenters. The number of nitrogens with one attached hydrogen (secondary N) is 1. The zero-order valence-electron chi connectivity index (χ0n) is 10.8. The normalized spacial score (nSPS) is 12.0. The monoisotopic (exact) mass is 284 g/mol. The zero-order valence-corrected chi connectivity index (χ0v) is 10.8. The fourth-order valence-electron chi connectivity index (χ4n) is 1.53. The van der Waals surface area contributed by atoms with Gasteiger partial charge in [-0.3, -0.25) is 14.9 Å². The van der Waals surface area contributed by atoms with E-state index >= 15 is 0 Å². The van der Waals surface area contributed by atoms with Crippen LogP contribution in [-0.4, -0.2) is 27.9 Å². The van der Waals surface area contributed by atoms with E-state index in [0.717, 1.165) is 18.2 Å². The second-order valence-electron chi connectivity index (χ2n) is 4.46. The first-order chi connectivity index (χ1) is 9.23. The van der Waals surface area contributed by atoms with Crippen LogP contribution in [0, 0.1) is 21.8 Å². The molecule has 8 heteroatoms. The standard InChI is InChI=1S/C12H13FN2O5/c1-6(2)10(12(17)18)14-11(16)7-3-4-8(13)9(5-7)15(19)20/h3-6,10H,1-2H3,(H,14,16)(H,17,18)/t10-/m1/s1. The fraction of sp³-hybridized carbons (Fsp3) is 0.333. The number of carbonyl (C=O) groups excluding carboxylic acids is 1. The molecule has 108 valence electrons. The number of nitro benzene ring substituents is 1. The molecule has 2 N–H and O–H groups in total. The molecule has 1 amide bonds. The van der Waals surface area contributed by atoms with Crippen molar-refractivity contribution in [3.63, 3.8) is 0 Å². The van der Waals surface area contributed by atoms with Gasteiger partial charge in [0.15, 0.2) is 0 Å². The van der Waals surface area contributed by atoms with Crippen molar-refractivity contribution < 1.29 is 24.0 Å². The molecule has 0 aliphatic carbocycles. The van der Waals surface area contributed by atoms with Crippen molar-refractivity contribution in [2.45, 2.75) is 19.9 Å². The van der Waals surface area contributed by atoms with Crippen LogP contribution >= 0.6 is 0 Å². The number of rotatable bonds is 5. The number of carbonyl (C=O) groups is 2. The van der Waals surface area contributed by atoms with Gasteiger partial charge in [-0.1, -0.05) is 13.8 Å². The lowest BCUT2D eigenvalue weighted by molar-refractivity contribution is -0.387. The van der Waals surface area contributed by atoms with Gasteiger partial charge in [-0.15, -0.1) is 0 Å². The Kier molecular flexibility index (Phi) is 4.73. The summed E-state index contributed by atoms with van der Waals surface area (Å²) in [5, 5.41) is 21.8. The van der Waals surface area contributed by atoms with E-state index in [1.54, 1.807) is 13.8 Å². The van der Waals surface area contributed by atoms with Gasteiger partial charge in [0.2, 0.25) is 5.82 Å². The third-order valence-corrected chi connectivity index (χ3v) is 2.62. The molecule has 1 aromatic rings. The van der Waals surface area contributed by atoms with Gasteiger partial charge in [0.25, 0.3) is 5.91 Å². The summed E-state index contributed by atoms with van der Waals surface area (Å²) in [6.45, 7) is 3.21. The summed E-state index contributed by atoms with van der Waals surface area (Å²) in [6.07, 6.45) is 0. The van der Waals surface area contributed by atoms with Gasteiger partial charge in [0.05, 0.1) is 4.92 Å². The molecule has 0 unspecified atom stereocenters. The summed E-state index contributed by atoms with van der Waals surface area (Å²) in [5.41, 5.74) is -1.01. The predicted octanol–water partition coefficient (Wildman–Crippen LogP) is 1.57. The molecule has 0 aliphatic heterocycles. The van der Waals surface area contributed by atoms with E-state index in [1.807, 2.05) is 0 Å². The SMILES string of the molecule is CC(C)[C@@H](NC(=O)c1ccc(F)c([N+](=O)[O-])c1)C(=O)O. The Bertz CT molecular complexity index is 559. The van der Waals surface area contributed by atoms with Crippen molar-refractivity contribution >= 4 is 17.6 Å². The first kappa shape index (κ1) is 15.5. The van der Waals surface area contributed by atoms with Crippen LogP contribution in [0.4, 0.5) is 10.1 Å². The number of nitrogens with zero attached hydrogens (tertiary/aromatic N) is 1. The lowest BCUT2D eigenvalue weighted by Gasteiger charge is -2.17. The van der Waals surface area contributed by atoms with Crippen molar-refractivity contribution in [3.05, 3.63) is 39.7 Å². The summed E-state index contributed by atoms with van der Waals surface area (Å²) in [4.78, 5) is 32.4. The summed E-state index contributed by atoms with van der Waals surface area (Å²) in [6, 6.07) is 1.48. The maximum absolute atomic E-state index is 13.1. The molecule has 0 heterocycles. The minimum absolute atomic E-state index is 0.176. The maximum Gasteiger partial charge on any atom is 0.326 e. The highest BCUT2D eigenvalue weighted by molar-refractivity contribution is 5.97. The fourth-order valence-corrected chi connectivity index (χ4v) is 1.53. The van der Waals surface area contributed by atoms with Crippen molar-refractivity contribution in [1.29, 1.82) is 0 Å². The number of benzene rings is 1. The number of halogens is 1. The third-order valence-electron chi connectivity index (χ3n) is 2.62. The molecule has 0 spiro atoms. The van der Waals surface area contributed by atoms with Crippen LogP contribution < -0.4 is 5.32 Å².